The van der Waals surface area contributed by atoms with Crippen LogP contribution in [0.2, 0.25) is 0 Å². The maximum atomic E-state index is 12.7. The predicted molar refractivity (Wildman–Crippen MR) is 81.7 cm³/mol. The van der Waals surface area contributed by atoms with Crippen molar-refractivity contribution in [2.45, 2.75) is 0 Å². The SMILES string of the molecule is N#CC1=C(C#N)c2cccc3cc4cccnc4c(c23)C1=O. The number of hydrogen-bond donors (Lipinski definition) is 0. The van der Waals surface area contributed by atoms with Crippen molar-refractivity contribution in [2.75, 3.05) is 0 Å². The number of benzene rings is 2. The van der Waals surface area contributed by atoms with Crippen molar-refractivity contribution in [2.24, 2.45) is 0 Å². The molecule has 1 aromatic heterocycles. The van der Waals surface area contributed by atoms with Gasteiger partial charge < -0.3 is 0 Å². The van der Waals surface area contributed by atoms with Crippen LogP contribution >= 0.6 is 0 Å². The molecule has 0 saturated heterocycles. The van der Waals surface area contributed by atoms with E-state index in [0.717, 1.165) is 10.8 Å². The molecular formula is C18H7N3O. The van der Waals surface area contributed by atoms with Gasteiger partial charge in [0.05, 0.1) is 16.7 Å². The summed E-state index contributed by atoms with van der Waals surface area (Å²) < 4.78 is 0. The Kier molecular flexibility index (Phi) is 2.37. The number of nitriles is 2. The van der Waals surface area contributed by atoms with Crippen molar-refractivity contribution in [3.05, 3.63) is 59.3 Å². The fourth-order valence-electron chi connectivity index (χ4n) is 3.02. The van der Waals surface area contributed by atoms with E-state index >= 15 is 0 Å². The van der Waals surface area contributed by atoms with Gasteiger partial charge in [-0.05, 0) is 17.5 Å². The Labute approximate surface area is 125 Å². The lowest BCUT2D eigenvalue weighted by Gasteiger charge is -2.18. The van der Waals surface area contributed by atoms with Crippen LogP contribution in [-0.4, -0.2) is 10.8 Å². The topological polar surface area (TPSA) is 77.5 Å². The average Bonchev–Trinajstić information content (AvgIpc) is 2.56. The molecule has 1 heterocycles. The summed E-state index contributed by atoms with van der Waals surface area (Å²) in [7, 11) is 0. The standard InChI is InChI=1S/C18H7N3O/c19-8-13-12-5-1-3-10-7-11-4-2-6-21-17(11)16(15(10)12)18(22)14(13)9-20/h1-7H. The molecule has 4 rings (SSSR count). The number of carbonyl (C=O) groups excluding carboxylic acids is 1. The number of hydrogen-bond acceptors (Lipinski definition) is 4. The number of ketones is 1. The summed E-state index contributed by atoms with van der Waals surface area (Å²) >= 11 is 0. The Bertz CT molecular complexity index is 1110. The Hall–Kier alpha value is -3.50. The molecule has 0 amide bonds. The fraction of sp³-hybridized carbons (Fsp3) is 0. The van der Waals surface area contributed by atoms with Crippen molar-refractivity contribution in [1.29, 1.82) is 10.5 Å². The molecule has 0 N–H and O–H groups in total. The minimum atomic E-state index is -0.424. The van der Waals surface area contributed by atoms with Crippen LogP contribution in [0.25, 0.3) is 27.2 Å². The number of pyridine rings is 1. The number of fused-ring (bicyclic) bond motifs is 2. The largest absolute Gasteiger partial charge is 0.288 e. The van der Waals surface area contributed by atoms with Gasteiger partial charge in [-0.1, -0.05) is 24.3 Å². The molecule has 22 heavy (non-hydrogen) atoms. The molecule has 2 aromatic carbocycles. The van der Waals surface area contributed by atoms with E-state index in [2.05, 4.69) is 4.98 Å². The van der Waals surface area contributed by atoms with Gasteiger partial charge in [-0.2, -0.15) is 10.5 Å². The molecule has 0 radical (unpaired) electrons. The van der Waals surface area contributed by atoms with Crippen molar-refractivity contribution >= 4 is 33.0 Å². The highest BCUT2D eigenvalue weighted by Crippen LogP contribution is 2.39. The minimum absolute atomic E-state index is 0.111. The third-order valence-electron chi connectivity index (χ3n) is 3.93. The van der Waals surface area contributed by atoms with Gasteiger partial charge in [0.25, 0.3) is 0 Å². The normalized spacial score (nSPS) is 13.3. The van der Waals surface area contributed by atoms with Crippen molar-refractivity contribution in [1.82, 2.24) is 4.98 Å². The summed E-state index contributed by atoms with van der Waals surface area (Å²) in [6.07, 6.45) is 1.62. The van der Waals surface area contributed by atoms with Crippen molar-refractivity contribution < 1.29 is 4.79 Å². The van der Waals surface area contributed by atoms with Crippen molar-refractivity contribution in [3.63, 3.8) is 0 Å². The lowest BCUT2D eigenvalue weighted by Crippen LogP contribution is -2.12. The Morgan fingerprint density at radius 3 is 2.50 bits per heavy atom. The summed E-state index contributed by atoms with van der Waals surface area (Å²) in [5.41, 5.74) is 1.64. The van der Waals surface area contributed by atoms with Gasteiger partial charge in [0.2, 0.25) is 5.78 Å². The molecule has 1 aliphatic rings. The van der Waals surface area contributed by atoms with Crippen LogP contribution in [0.4, 0.5) is 0 Å². The van der Waals surface area contributed by atoms with Crippen LogP contribution in [0, 0.1) is 22.7 Å². The van der Waals surface area contributed by atoms with Crippen LogP contribution in [0.5, 0.6) is 0 Å². The van der Waals surface area contributed by atoms with E-state index in [9.17, 15) is 15.3 Å². The molecule has 1 aliphatic carbocycles. The second-order valence-corrected chi connectivity index (χ2v) is 5.03. The maximum Gasteiger partial charge on any atom is 0.207 e. The van der Waals surface area contributed by atoms with E-state index in [4.69, 9.17) is 0 Å². The van der Waals surface area contributed by atoms with Crippen molar-refractivity contribution in [3.8, 4) is 12.1 Å². The Balaban J connectivity index is 2.34. The van der Waals surface area contributed by atoms with E-state index in [0.29, 0.717) is 22.0 Å². The highest BCUT2D eigenvalue weighted by Gasteiger charge is 2.30. The van der Waals surface area contributed by atoms with E-state index < -0.39 is 5.78 Å². The van der Waals surface area contributed by atoms with Crippen LogP contribution in [0.15, 0.2) is 48.2 Å². The third kappa shape index (κ3) is 1.38. The lowest BCUT2D eigenvalue weighted by atomic mass is 9.82. The molecule has 0 aliphatic heterocycles. The molecule has 0 spiro atoms. The summed E-state index contributed by atoms with van der Waals surface area (Å²) in [6.45, 7) is 0. The van der Waals surface area contributed by atoms with Crippen LogP contribution in [0.3, 0.4) is 0 Å². The van der Waals surface area contributed by atoms with Gasteiger partial charge in [-0.3, -0.25) is 9.78 Å². The average molecular weight is 281 g/mol. The zero-order valence-corrected chi connectivity index (χ0v) is 11.3. The van der Waals surface area contributed by atoms with E-state index in [-0.39, 0.29) is 11.1 Å². The second-order valence-electron chi connectivity index (χ2n) is 5.03. The van der Waals surface area contributed by atoms with Gasteiger partial charge in [-0.25, -0.2) is 0 Å². The van der Waals surface area contributed by atoms with Crippen LogP contribution in [0.1, 0.15) is 15.9 Å². The fourth-order valence-corrected chi connectivity index (χ4v) is 3.02. The van der Waals surface area contributed by atoms with Crippen LogP contribution in [-0.2, 0) is 0 Å². The number of Topliss-reactive ketones (excluding diaryl/α,β-unsaturated/α-hetero) is 1. The van der Waals surface area contributed by atoms with Gasteiger partial charge in [-0.15, -0.1) is 0 Å². The van der Waals surface area contributed by atoms with E-state index in [1.165, 1.54) is 0 Å². The molecule has 0 atom stereocenters. The summed E-state index contributed by atoms with van der Waals surface area (Å²) in [5, 5.41) is 21.1. The highest BCUT2D eigenvalue weighted by molar-refractivity contribution is 6.32. The van der Waals surface area contributed by atoms with E-state index in [1.807, 2.05) is 36.4 Å². The predicted octanol–water partition coefficient (Wildman–Crippen LogP) is 3.39. The molecule has 0 bridgehead atoms. The number of nitrogens with zero attached hydrogens (tertiary/aromatic N) is 3. The third-order valence-corrected chi connectivity index (χ3v) is 3.93. The Morgan fingerprint density at radius 2 is 1.73 bits per heavy atom. The quantitative estimate of drug-likeness (QED) is 0.592. The number of carbonyl (C=O) groups is 1. The van der Waals surface area contributed by atoms with Gasteiger partial charge in [0, 0.05) is 22.5 Å². The molecule has 3 aromatic rings. The van der Waals surface area contributed by atoms with Gasteiger partial charge >= 0.3 is 0 Å². The Morgan fingerprint density at radius 1 is 0.955 bits per heavy atom. The molecule has 0 fully saturated rings. The molecular weight excluding hydrogens is 274 g/mol. The zero-order valence-electron chi connectivity index (χ0n) is 11.3. The summed E-state index contributed by atoms with van der Waals surface area (Å²) in [4.78, 5) is 17.1. The van der Waals surface area contributed by atoms with Gasteiger partial charge in [0.15, 0.2) is 0 Å². The summed E-state index contributed by atoms with van der Waals surface area (Å²) in [6, 6.07) is 15.0. The molecule has 4 nitrogen and oxygen atoms in total. The molecule has 4 heteroatoms. The smallest absolute Gasteiger partial charge is 0.207 e. The number of rotatable bonds is 0. The zero-order chi connectivity index (χ0) is 15.3. The monoisotopic (exact) mass is 281 g/mol. The molecule has 0 saturated carbocycles. The first-order chi connectivity index (χ1) is 10.8. The second kappa shape index (κ2) is 4.25. The highest BCUT2D eigenvalue weighted by atomic mass is 16.1. The van der Waals surface area contributed by atoms with Gasteiger partial charge in [0.1, 0.15) is 17.7 Å². The first-order valence-electron chi connectivity index (χ1n) is 6.66. The first-order valence-corrected chi connectivity index (χ1v) is 6.66. The van der Waals surface area contributed by atoms with E-state index in [1.54, 1.807) is 18.3 Å². The van der Waals surface area contributed by atoms with Crippen LogP contribution < -0.4 is 0 Å². The minimum Gasteiger partial charge on any atom is -0.288 e. The molecule has 100 valence electrons. The number of aromatic nitrogens is 1. The lowest BCUT2D eigenvalue weighted by molar-refractivity contribution is 0.104. The maximum absolute atomic E-state index is 12.7. The summed E-state index contributed by atoms with van der Waals surface area (Å²) in [5.74, 6) is -0.424. The number of allylic oxidation sites excluding steroid dienone is 2. The first kappa shape index (κ1) is 12.3. The molecule has 0 unspecified atom stereocenters.